The summed E-state index contributed by atoms with van der Waals surface area (Å²) in [4.78, 5) is 0. The lowest BCUT2D eigenvalue weighted by molar-refractivity contribution is 0.107. The molecule has 0 amide bonds. The summed E-state index contributed by atoms with van der Waals surface area (Å²) >= 11 is 0. The Balaban J connectivity index is 2.26. The van der Waals surface area contributed by atoms with Crippen molar-refractivity contribution in [2.24, 2.45) is 11.3 Å². The Labute approximate surface area is 115 Å². The molecule has 1 unspecified atom stereocenters. The molecule has 19 heavy (non-hydrogen) atoms. The van der Waals surface area contributed by atoms with Crippen LogP contribution in [0.25, 0.3) is 5.70 Å². The van der Waals surface area contributed by atoms with E-state index < -0.39 is 6.10 Å². The van der Waals surface area contributed by atoms with Crippen molar-refractivity contribution in [3.05, 3.63) is 18.5 Å². The summed E-state index contributed by atoms with van der Waals surface area (Å²) in [5.41, 5.74) is 0.670. The summed E-state index contributed by atoms with van der Waals surface area (Å²) in [6, 6.07) is 0. The van der Waals surface area contributed by atoms with Gasteiger partial charge < -0.3 is 5.11 Å². The van der Waals surface area contributed by atoms with Crippen LogP contribution >= 0.6 is 0 Å². The van der Waals surface area contributed by atoms with Gasteiger partial charge in [-0.15, -0.1) is 5.10 Å². The summed E-state index contributed by atoms with van der Waals surface area (Å²) in [5.74, 6) is 0.560. The highest BCUT2D eigenvalue weighted by Gasteiger charge is 2.28. The van der Waals surface area contributed by atoms with Crippen LogP contribution in [-0.4, -0.2) is 26.2 Å². The van der Waals surface area contributed by atoms with E-state index >= 15 is 0 Å². The topological polar surface area (TPSA) is 50.9 Å². The first kappa shape index (κ1) is 14.3. The molecule has 0 radical (unpaired) electrons. The van der Waals surface area contributed by atoms with Gasteiger partial charge in [-0.05, 0) is 24.2 Å². The fraction of sp³-hybridized carbons (Fsp3) is 0.733. The molecule has 1 fully saturated rings. The van der Waals surface area contributed by atoms with Crippen LogP contribution in [0.4, 0.5) is 0 Å². The fourth-order valence-corrected chi connectivity index (χ4v) is 2.62. The molecule has 0 aliphatic heterocycles. The van der Waals surface area contributed by atoms with Gasteiger partial charge in [-0.2, -0.15) is 0 Å². The molecule has 0 spiro atoms. The third-order valence-corrected chi connectivity index (χ3v) is 3.84. The highest BCUT2D eigenvalue weighted by molar-refractivity contribution is 5.49. The lowest BCUT2D eigenvalue weighted by atomic mass is 9.83. The zero-order valence-corrected chi connectivity index (χ0v) is 12.2. The van der Waals surface area contributed by atoms with Gasteiger partial charge in [-0.1, -0.05) is 51.3 Å². The Hall–Kier alpha value is -1.16. The molecule has 2 rings (SSSR count). The zero-order valence-electron chi connectivity index (χ0n) is 12.2. The minimum absolute atomic E-state index is 0.202. The Bertz CT molecular complexity index is 411. The molecule has 1 atom stereocenters. The van der Waals surface area contributed by atoms with Gasteiger partial charge in [-0.25, -0.2) is 4.68 Å². The normalized spacial score (nSPS) is 20.5. The number of aromatic nitrogens is 3. The van der Waals surface area contributed by atoms with E-state index in [1.807, 2.05) is 27.0 Å². The van der Waals surface area contributed by atoms with Gasteiger partial charge in [-0.3, -0.25) is 0 Å². The van der Waals surface area contributed by atoms with Gasteiger partial charge >= 0.3 is 0 Å². The van der Waals surface area contributed by atoms with E-state index in [-0.39, 0.29) is 5.41 Å². The minimum atomic E-state index is -0.531. The molecule has 1 aromatic heterocycles. The van der Waals surface area contributed by atoms with E-state index in [0.717, 1.165) is 5.70 Å². The molecule has 1 aliphatic carbocycles. The van der Waals surface area contributed by atoms with Gasteiger partial charge in [0.1, 0.15) is 6.10 Å². The molecule has 1 N–H and O–H groups in total. The van der Waals surface area contributed by atoms with Crippen LogP contribution in [0.1, 0.15) is 52.9 Å². The SMILES string of the molecule is CC(C)(C)C(O)/C(=C/C1CCCCC1)n1ccnn1. The smallest absolute Gasteiger partial charge is 0.101 e. The molecule has 4 heteroatoms. The highest BCUT2D eigenvalue weighted by atomic mass is 16.3. The molecular formula is C15H25N3O. The molecule has 0 aromatic carbocycles. The van der Waals surface area contributed by atoms with Crippen LogP contribution in [0.5, 0.6) is 0 Å². The summed E-state index contributed by atoms with van der Waals surface area (Å²) in [7, 11) is 0. The highest BCUT2D eigenvalue weighted by Crippen LogP contribution is 2.31. The molecule has 0 bridgehead atoms. The van der Waals surface area contributed by atoms with Crippen LogP contribution in [0.2, 0.25) is 0 Å². The number of aliphatic hydroxyl groups is 1. The molecule has 1 saturated carbocycles. The number of nitrogens with zero attached hydrogens (tertiary/aromatic N) is 3. The Morgan fingerprint density at radius 2 is 2.00 bits per heavy atom. The first-order chi connectivity index (χ1) is 8.98. The number of aliphatic hydroxyl groups excluding tert-OH is 1. The molecule has 1 aromatic rings. The van der Waals surface area contributed by atoms with E-state index in [4.69, 9.17) is 0 Å². The number of allylic oxidation sites excluding steroid dienone is 1. The monoisotopic (exact) mass is 263 g/mol. The molecule has 4 nitrogen and oxygen atoms in total. The predicted octanol–water partition coefficient (Wildman–Crippen LogP) is 3.11. The first-order valence-corrected chi connectivity index (χ1v) is 7.25. The van der Waals surface area contributed by atoms with Crippen molar-refractivity contribution in [1.82, 2.24) is 15.0 Å². The van der Waals surface area contributed by atoms with Gasteiger partial charge in [0.15, 0.2) is 0 Å². The largest absolute Gasteiger partial charge is 0.386 e. The zero-order chi connectivity index (χ0) is 13.9. The Morgan fingerprint density at radius 1 is 1.32 bits per heavy atom. The summed E-state index contributed by atoms with van der Waals surface area (Å²) in [6.07, 6.45) is 11.5. The quantitative estimate of drug-likeness (QED) is 0.911. The first-order valence-electron chi connectivity index (χ1n) is 7.25. The molecule has 1 heterocycles. The number of hydrogen-bond donors (Lipinski definition) is 1. The average molecular weight is 263 g/mol. The lowest BCUT2D eigenvalue weighted by Gasteiger charge is -2.29. The second-order valence-electron chi connectivity index (χ2n) is 6.61. The van der Waals surface area contributed by atoms with E-state index in [2.05, 4.69) is 16.4 Å². The van der Waals surface area contributed by atoms with Crippen LogP contribution in [-0.2, 0) is 0 Å². The van der Waals surface area contributed by atoms with Gasteiger partial charge in [0.25, 0.3) is 0 Å². The van der Waals surface area contributed by atoms with Crippen molar-refractivity contribution in [2.45, 2.75) is 59.0 Å². The maximum Gasteiger partial charge on any atom is 0.101 e. The summed E-state index contributed by atoms with van der Waals surface area (Å²) < 4.78 is 1.71. The van der Waals surface area contributed by atoms with Gasteiger partial charge in [0.05, 0.1) is 18.1 Å². The molecular weight excluding hydrogens is 238 g/mol. The standard InChI is InChI=1S/C15H25N3O/c1-15(2,3)14(19)13(18-10-9-16-17-18)11-12-7-5-4-6-8-12/h9-12,14,19H,4-8H2,1-3H3/b13-11-. The van der Waals surface area contributed by atoms with E-state index in [1.165, 1.54) is 32.1 Å². The summed E-state index contributed by atoms with van der Waals surface area (Å²) in [5, 5.41) is 18.5. The average Bonchev–Trinajstić information content (AvgIpc) is 2.89. The van der Waals surface area contributed by atoms with Crippen molar-refractivity contribution in [3.63, 3.8) is 0 Å². The van der Waals surface area contributed by atoms with E-state index in [9.17, 15) is 5.11 Å². The Kier molecular flexibility index (Phi) is 4.40. The molecule has 1 aliphatic rings. The second-order valence-corrected chi connectivity index (χ2v) is 6.61. The fourth-order valence-electron chi connectivity index (χ4n) is 2.62. The number of hydrogen-bond acceptors (Lipinski definition) is 3. The van der Waals surface area contributed by atoms with E-state index in [1.54, 1.807) is 10.9 Å². The second kappa shape index (κ2) is 5.87. The number of rotatable bonds is 3. The summed E-state index contributed by atoms with van der Waals surface area (Å²) in [6.45, 7) is 6.13. The third kappa shape index (κ3) is 3.66. The molecule has 106 valence electrons. The van der Waals surface area contributed by atoms with Crippen molar-refractivity contribution in [1.29, 1.82) is 0 Å². The molecule has 0 saturated heterocycles. The maximum atomic E-state index is 10.6. The Morgan fingerprint density at radius 3 is 2.53 bits per heavy atom. The van der Waals surface area contributed by atoms with Crippen LogP contribution in [0.15, 0.2) is 18.5 Å². The lowest BCUT2D eigenvalue weighted by Crippen LogP contribution is -2.30. The van der Waals surface area contributed by atoms with Gasteiger partial charge in [0, 0.05) is 0 Å². The van der Waals surface area contributed by atoms with Crippen LogP contribution in [0, 0.1) is 11.3 Å². The van der Waals surface area contributed by atoms with Crippen molar-refractivity contribution < 1.29 is 5.11 Å². The third-order valence-electron chi connectivity index (χ3n) is 3.84. The van der Waals surface area contributed by atoms with Crippen molar-refractivity contribution >= 4 is 5.70 Å². The van der Waals surface area contributed by atoms with Crippen molar-refractivity contribution in [2.75, 3.05) is 0 Å². The van der Waals surface area contributed by atoms with Crippen LogP contribution < -0.4 is 0 Å². The maximum absolute atomic E-state index is 10.6. The predicted molar refractivity (Wildman–Crippen MR) is 76.3 cm³/mol. The van der Waals surface area contributed by atoms with Gasteiger partial charge in [0.2, 0.25) is 0 Å². The van der Waals surface area contributed by atoms with Crippen LogP contribution in [0.3, 0.4) is 0 Å². The van der Waals surface area contributed by atoms with E-state index in [0.29, 0.717) is 5.92 Å². The minimum Gasteiger partial charge on any atom is -0.386 e. The van der Waals surface area contributed by atoms with Crippen molar-refractivity contribution in [3.8, 4) is 0 Å².